The minimum atomic E-state index is -0.185. The third kappa shape index (κ3) is 2.71. The van der Waals surface area contributed by atoms with E-state index in [0.29, 0.717) is 10.7 Å². The summed E-state index contributed by atoms with van der Waals surface area (Å²) in [4.78, 5) is 15.3. The van der Waals surface area contributed by atoms with Crippen LogP contribution in [-0.4, -0.2) is 10.9 Å². The third-order valence-electron chi connectivity index (χ3n) is 2.91. The quantitative estimate of drug-likeness (QED) is 0.683. The smallest absolute Gasteiger partial charge is 0.272 e. The molecule has 5 heteroatoms. The van der Waals surface area contributed by atoms with Crippen LogP contribution in [0.25, 0.3) is 10.9 Å². The maximum Gasteiger partial charge on any atom is 0.272 e. The molecule has 1 amide bonds. The van der Waals surface area contributed by atoms with Crippen molar-refractivity contribution in [3.8, 4) is 0 Å². The van der Waals surface area contributed by atoms with Crippen molar-refractivity contribution in [2.75, 3.05) is 5.32 Å². The Hall–Kier alpha value is -1.78. The van der Waals surface area contributed by atoms with E-state index in [2.05, 4.69) is 26.2 Å². The van der Waals surface area contributed by atoms with Crippen molar-refractivity contribution >= 4 is 50.0 Å². The fourth-order valence-electron chi connectivity index (χ4n) is 1.99. The lowest BCUT2D eigenvalue weighted by molar-refractivity contribution is 0.102. The van der Waals surface area contributed by atoms with Crippen molar-refractivity contribution in [1.82, 2.24) is 4.98 Å². The third-order valence-corrected chi connectivity index (χ3v) is 3.64. The number of carbonyl (C=O) groups is 1. The van der Waals surface area contributed by atoms with Gasteiger partial charge in [0.15, 0.2) is 0 Å². The topological polar surface area (TPSA) is 44.9 Å². The molecule has 0 aliphatic rings. The lowest BCUT2D eigenvalue weighted by atomic mass is 10.2. The van der Waals surface area contributed by atoms with Crippen LogP contribution in [0.1, 0.15) is 10.5 Å². The highest BCUT2D eigenvalue weighted by Crippen LogP contribution is 2.21. The van der Waals surface area contributed by atoms with Gasteiger partial charge in [-0.2, -0.15) is 0 Å². The number of anilines is 1. The summed E-state index contributed by atoms with van der Waals surface area (Å²) in [6, 6.07) is 14.7. The van der Waals surface area contributed by atoms with Crippen molar-refractivity contribution in [2.24, 2.45) is 0 Å². The molecule has 0 bridgehead atoms. The van der Waals surface area contributed by atoms with Crippen LogP contribution in [0, 0.1) is 0 Å². The van der Waals surface area contributed by atoms with Gasteiger partial charge in [-0.15, -0.1) is 0 Å². The molecule has 3 aromatic rings. The molecule has 1 aromatic heterocycles. The molecule has 0 fully saturated rings. The first-order valence-corrected chi connectivity index (χ1v) is 7.14. The van der Waals surface area contributed by atoms with Crippen LogP contribution in [0.15, 0.2) is 53.0 Å². The first-order valence-electron chi connectivity index (χ1n) is 5.97. The average molecular weight is 350 g/mol. The van der Waals surface area contributed by atoms with Crippen LogP contribution in [0.2, 0.25) is 5.02 Å². The number of H-pyrrole nitrogens is 1. The van der Waals surface area contributed by atoms with Crippen LogP contribution in [0.5, 0.6) is 0 Å². The second-order valence-electron chi connectivity index (χ2n) is 4.38. The number of hydrogen-bond donors (Lipinski definition) is 2. The number of benzene rings is 2. The summed E-state index contributed by atoms with van der Waals surface area (Å²) >= 11 is 9.31. The van der Waals surface area contributed by atoms with Gasteiger partial charge in [0.05, 0.1) is 0 Å². The molecule has 0 saturated heterocycles. The lowest BCUT2D eigenvalue weighted by Crippen LogP contribution is -2.12. The molecule has 0 aliphatic carbocycles. The van der Waals surface area contributed by atoms with Crippen LogP contribution < -0.4 is 5.32 Å². The molecule has 0 saturated carbocycles. The zero-order valence-electron chi connectivity index (χ0n) is 10.3. The summed E-state index contributed by atoms with van der Waals surface area (Å²) in [6.45, 7) is 0. The van der Waals surface area contributed by atoms with Crippen molar-refractivity contribution in [1.29, 1.82) is 0 Å². The van der Waals surface area contributed by atoms with Gasteiger partial charge in [0.25, 0.3) is 5.91 Å². The van der Waals surface area contributed by atoms with Gasteiger partial charge in [-0.05, 0) is 42.5 Å². The fraction of sp³-hybridized carbons (Fsp3) is 0. The Morgan fingerprint density at radius 3 is 2.80 bits per heavy atom. The molecule has 0 unspecified atom stereocenters. The molecule has 2 aromatic carbocycles. The van der Waals surface area contributed by atoms with Gasteiger partial charge >= 0.3 is 0 Å². The van der Waals surface area contributed by atoms with Crippen molar-refractivity contribution < 1.29 is 4.79 Å². The second-order valence-corrected chi connectivity index (χ2v) is 5.73. The second kappa shape index (κ2) is 5.31. The monoisotopic (exact) mass is 348 g/mol. The Labute approximate surface area is 129 Å². The Balaban J connectivity index is 1.88. The van der Waals surface area contributed by atoms with Gasteiger partial charge in [0.1, 0.15) is 5.69 Å². The molecule has 1 heterocycles. The van der Waals surface area contributed by atoms with Crippen molar-refractivity contribution in [3.63, 3.8) is 0 Å². The number of nitrogens with one attached hydrogen (secondary N) is 2. The molecule has 100 valence electrons. The molecule has 0 aliphatic heterocycles. The highest BCUT2D eigenvalue weighted by atomic mass is 79.9. The van der Waals surface area contributed by atoms with Crippen LogP contribution in [0.3, 0.4) is 0 Å². The Morgan fingerprint density at radius 2 is 2.00 bits per heavy atom. The van der Waals surface area contributed by atoms with E-state index in [-0.39, 0.29) is 5.91 Å². The zero-order valence-corrected chi connectivity index (χ0v) is 12.6. The lowest BCUT2D eigenvalue weighted by Gasteiger charge is -2.03. The van der Waals surface area contributed by atoms with Gasteiger partial charge in [-0.1, -0.05) is 33.6 Å². The maximum absolute atomic E-state index is 12.2. The normalized spacial score (nSPS) is 10.7. The standard InChI is InChI=1S/C15H10BrClN2O/c16-10-2-1-3-12(8-10)18-15(20)14-7-9-6-11(17)4-5-13(9)19-14/h1-8,19H,(H,18,20). The van der Waals surface area contributed by atoms with E-state index < -0.39 is 0 Å². The fourth-order valence-corrected chi connectivity index (χ4v) is 2.57. The van der Waals surface area contributed by atoms with Gasteiger partial charge < -0.3 is 10.3 Å². The molecule has 0 spiro atoms. The predicted octanol–water partition coefficient (Wildman–Crippen LogP) is 4.84. The van der Waals surface area contributed by atoms with Gasteiger partial charge in [0.2, 0.25) is 0 Å². The summed E-state index contributed by atoms with van der Waals surface area (Å²) in [5.74, 6) is -0.185. The summed E-state index contributed by atoms with van der Waals surface area (Å²) in [7, 11) is 0. The number of halogens is 2. The van der Waals surface area contributed by atoms with Crippen LogP contribution in [0.4, 0.5) is 5.69 Å². The summed E-state index contributed by atoms with van der Waals surface area (Å²) in [5, 5.41) is 4.40. The number of aromatic nitrogens is 1. The van der Waals surface area contributed by atoms with Gasteiger partial charge in [0, 0.05) is 26.1 Å². The number of hydrogen-bond acceptors (Lipinski definition) is 1. The number of aromatic amines is 1. The molecule has 3 nitrogen and oxygen atoms in total. The molecular formula is C15H10BrClN2O. The average Bonchev–Trinajstić information content (AvgIpc) is 2.81. The van der Waals surface area contributed by atoms with E-state index in [1.165, 1.54) is 0 Å². The Morgan fingerprint density at radius 1 is 1.15 bits per heavy atom. The van der Waals surface area contributed by atoms with Crippen molar-refractivity contribution in [3.05, 3.63) is 63.7 Å². The molecule has 2 N–H and O–H groups in total. The Bertz CT molecular complexity index is 797. The zero-order chi connectivity index (χ0) is 14.1. The number of amides is 1. The highest BCUT2D eigenvalue weighted by Gasteiger charge is 2.10. The van der Waals surface area contributed by atoms with E-state index in [0.717, 1.165) is 21.1 Å². The van der Waals surface area contributed by atoms with Gasteiger partial charge in [-0.3, -0.25) is 4.79 Å². The molecule has 0 radical (unpaired) electrons. The molecular weight excluding hydrogens is 340 g/mol. The van der Waals surface area contributed by atoms with Gasteiger partial charge in [-0.25, -0.2) is 0 Å². The van der Waals surface area contributed by atoms with E-state index >= 15 is 0 Å². The maximum atomic E-state index is 12.2. The highest BCUT2D eigenvalue weighted by molar-refractivity contribution is 9.10. The van der Waals surface area contributed by atoms with E-state index in [4.69, 9.17) is 11.6 Å². The van der Waals surface area contributed by atoms with Crippen LogP contribution in [-0.2, 0) is 0 Å². The first-order chi connectivity index (χ1) is 9.61. The molecule has 0 atom stereocenters. The largest absolute Gasteiger partial charge is 0.351 e. The molecule has 3 rings (SSSR count). The molecule has 20 heavy (non-hydrogen) atoms. The van der Waals surface area contributed by atoms with Crippen LogP contribution >= 0.6 is 27.5 Å². The number of carbonyl (C=O) groups excluding carboxylic acids is 1. The summed E-state index contributed by atoms with van der Waals surface area (Å²) in [5.41, 5.74) is 2.12. The SMILES string of the molecule is O=C(Nc1cccc(Br)c1)c1cc2cc(Cl)ccc2[nH]1. The summed E-state index contributed by atoms with van der Waals surface area (Å²) < 4.78 is 0.915. The number of rotatable bonds is 2. The minimum absolute atomic E-state index is 0.185. The van der Waals surface area contributed by atoms with Crippen molar-refractivity contribution in [2.45, 2.75) is 0 Å². The minimum Gasteiger partial charge on any atom is -0.351 e. The Kier molecular flexibility index (Phi) is 3.51. The van der Waals surface area contributed by atoms with E-state index in [9.17, 15) is 4.79 Å². The summed E-state index contributed by atoms with van der Waals surface area (Å²) in [6.07, 6.45) is 0. The predicted molar refractivity (Wildman–Crippen MR) is 85.4 cm³/mol. The number of fused-ring (bicyclic) bond motifs is 1. The van der Waals surface area contributed by atoms with E-state index in [1.807, 2.05) is 36.4 Å². The van der Waals surface area contributed by atoms with E-state index in [1.54, 1.807) is 12.1 Å². The first kappa shape index (κ1) is 13.2.